The first-order valence-corrected chi connectivity index (χ1v) is 6.84. The normalized spacial score (nSPS) is 15.8. The van der Waals surface area contributed by atoms with Crippen LogP contribution >= 0.6 is 11.8 Å². The van der Waals surface area contributed by atoms with Gasteiger partial charge in [0.05, 0.1) is 5.03 Å². The fourth-order valence-electron chi connectivity index (χ4n) is 1.84. The maximum Gasteiger partial charge on any atom is 0.0732 e. The Kier molecular flexibility index (Phi) is 2.89. The minimum atomic E-state index is 0.823. The van der Waals surface area contributed by atoms with Crippen molar-refractivity contribution in [2.75, 3.05) is 12.3 Å². The highest BCUT2D eigenvalue weighted by Crippen LogP contribution is 2.23. The summed E-state index contributed by atoms with van der Waals surface area (Å²) < 4.78 is 0. The van der Waals surface area contributed by atoms with Crippen molar-refractivity contribution in [1.82, 2.24) is 10.3 Å². The van der Waals surface area contributed by atoms with E-state index in [2.05, 4.69) is 40.6 Å². The number of thioether (sulfide) groups is 1. The van der Waals surface area contributed by atoms with Crippen LogP contribution in [0.3, 0.4) is 0 Å². The zero-order valence-corrected chi connectivity index (χ0v) is 10.0. The zero-order chi connectivity index (χ0) is 10.8. The predicted octanol–water partition coefficient (Wildman–Crippen LogP) is 3.01. The lowest BCUT2D eigenvalue weighted by Gasteiger charge is -2.00. The minimum Gasteiger partial charge on any atom is -0.350 e. The molecule has 1 aromatic heterocycles. The number of benzene rings is 1. The van der Waals surface area contributed by atoms with Crippen LogP contribution in [0.15, 0.2) is 35.4 Å². The number of hydrogen-bond acceptors (Lipinski definition) is 2. The minimum absolute atomic E-state index is 0.823. The summed E-state index contributed by atoms with van der Waals surface area (Å²) in [6, 6.07) is 11.5. The highest BCUT2D eigenvalue weighted by atomic mass is 32.2. The standard InChI is InChI=1S/C13H16N2S/c1-2-4-12-10(3-1)9-13(15-12)16-8-7-14-11-5-6-11/h1-4,9,11,14-15H,5-8H2. The zero-order valence-electron chi connectivity index (χ0n) is 9.20. The van der Waals surface area contributed by atoms with Crippen molar-refractivity contribution < 1.29 is 0 Å². The van der Waals surface area contributed by atoms with Gasteiger partial charge in [0.25, 0.3) is 0 Å². The SMILES string of the molecule is c1ccc2[nH]c(SCCNC3CC3)cc2c1. The van der Waals surface area contributed by atoms with E-state index >= 15 is 0 Å². The molecule has 2 nitrogen and oxygen atoms in total. The van der Waals surface area contributed by atoms with Crippen LogP contribution in [0.1, 0.15) is 12.8 Å². The summed E-state index contributed by atoms with van der Waals surface area (Å²) in [4.78, 5) is 3.43. The molecular weight excluding hydrogens is 216 g/mol. The smallest absolute Gasteiger partial charge is 0.0732 e. The third-order valence-electron chi connectivity index (χ3n) is 2.88. The molecule has 2 N–H and O–H groups in total. The van der Waals surface area contributed by atoms with Gasteiger partial charge in [0.15, 0.2) is 0 Å². The maximum absolute atomic E-state index is 3.53. The first kappa shape index (κ1) is 10.2. The molecule has 1 fully saturated rings. The van der Waals surface area contributed by atoms with Crippen molar-refractivity contribution in [2.24, 2.45) is 0 Å². The molecule has 1 aromatic carbocycles. The molecule has 84 valence electrons. The van der Waals surface area contributed by atoms with Crippen molar-refractivity contribution in [2.45, 2.75) is 23.9 Å². The third-order valence-corrected chi connectivity index (χ3v) is 3.81. The van der Waals surface area contributed by atoms with Gasteiger partial charge in [-0.15, -0.1) is 11.8 Å². The van der Waals surface area contributed by atoms with Crippen LogP contribution in [-0.4, -0.2) is 23.3 Å². The molecule has 0 radical (unpaired) electrons. The molecule has 1 aliphatic carbocycles. The topological polar surface area (TPSA) is 27.8 Å². The predicted molar refractivity (Wildman–Crippen MR) is 70.0 cm³/mol. The highest BCUT2D eigenvalue weighted by Gasteiger charge is 2.19. The van der Waals surface area contributed by atoms with Gasteiger partial charge in [-0.3, -0.25) is 0 Å². The van der Waals surface area contributed by atoms with Gasteiger partial charge in [-0.05, 0) is 25.0 Å². The highest BCUT2D eigenvalue weighted by molar-refractivity contribution is 7.99. The number of nitrogens with one attached hydrogen (secondary N) is 2. The first-order chi connectivity index (χ1) is 7.92. The Balaban J connectivity index is 1.56. The molecule has 0 atom stereocenters. The molecule has 1 saturated carbocycles. The summed E-state index contributed by atoms with van der Waals surface area (Å²) in [5.74, 6) is 1.14. The van der Waals surface area contributed by atoms with Crippen molar-refractivity contribution >= 4 is 22.7 Å². The number of fused-ring (bicyclic) bond motifs is 1. The van der Waals surface area contributed by atoms with Crippen molar-refractivity contribution in [1.29, 1.82) is 0 Å². The van der Waals surface area contributed by atoms with Gasteiger partial charge in [0.2, 0.25) is 0 Å². The van der Waals surface area contributed by atoms with Crippen LogP contribution in [0.2, 0.25) is 0 Å². The maximum atomic E-state index is 3.53. The van der Waals surface area contributed by atoms with Crippen molar-refractivity contribution in [3.05, 3.63) is 30.3 Å². The lowest BCUT2D eigenvalue weighted by Crippen LogP contribution is -2.19. The number of rotatable bonds is 5. The van der Waals surface area contributed by atoms with E-state index in [1.807, 2.05) is 11.8 Å². The largest absolute Gasteiger partial charge is 0.350 e. The Morgan fingerprint density at radius 1 is 1.31 bits per heavy atom. The molecule has 0 bridgehead atoms. The Labute approximate surface area is 99.8 Å². The van der Waals surface area contributed by atoms with Gasteiger partial charge in [-0.2, -0.15) is 0 Å². The van der Waals surface area contributed by atoms with Gasteiger partial charge in [-0.1, -0.05) is 18.2 Å². The summed E-state index contributed by atoms with van der Waals surface area (Å²) in [6.45, 7) is 1.12. The Bertz CT molecular complexity index is 440. The molecule has 0 saturated heterocycles. The van der Waals surface area contributed by atoms with Gasteiger partial charge in [0, 0.05) is 29.2 Å². The molecule has 0 spiro atoms. The van der Waals surface area contributed by atoms with Crippen LogP contribution < -0.4 is 5.32 Å². The van der Waals surface area contributed by atoms with E-state index in [9.17, 15) is 0 Å². The lowest BCUT2D eigenvalue weighted by molar-refractivity contribution is 0.726. The molecule has 3 heteroatoms. The molecule has 2 aromatic rings. The summed E-state index contributed by atoms with van der Waals surface area (Å²) in [7, 11) is 0. The summed E-state index contributed by atoms with van der Waals surface area (Å²) in [5.41, 5.74) is 1.24. The average molecular weight is 232 g/mol. The van der Waals surface area contributed by atoms with E-state index in [0.717, 1.165) is 18.3 Å². The van der Waals surface area contributed by atoms with Gasteiger partial charge >= 0.3 is 0 Å². The van der Waals surface area contributed by atoms with E-state index in [1.165, 1.54) is 28.8 Å². The molecule has 1 heterocycles. The molecule has 16 heavy (non-hydrogen) atoms. The second-order valence-electron chi connectivity index (χ2n) is 4.30. The number of para-hydroxylation sites is 1. The van der Waals surface area contributed by atoms with Crippen LogP contribution in [0, 0.1) is 0 Å². The summed E-state index contributed by atoms with van der Waals surface area (Å²) in [6.07, 6.45) is 2.74. The van der Waals surface area contributed by atoms with Gasteiger partial charge in [0.1, 0.15) is 0 Å². The Hall–Kier alpha value is -0.930. The van der Waals surface area contributed by atoms with Crippen molar-refractivity contribution in [3.63, 3.8) is 0 Å². The molecular formula is C13H16N2S. The van der Waals surface area contributed by atoms with Crippen LogP contribution in [-0.2, 0) is 0 Å². The van der Waals surface area contributed by atoms with E-state index < -0.39 is 0 Å². The summed E-state index contributed by atoms with van der Waals surface area (Å²) in [5, 5.41) is 6.11. The van der Waals surface area contributed by atoms with Crippen LogP contribution in [0.5, 0.6) is 0 Å². The van der Waals surface area contributed by atoms with Crippen LogP contribution in [0.4, 0.5) is 0 Å². The van der Waals surface area contributed by atoms with Gasteiger partial charge in [-0.25, -0.2) is 0 Å². The van der Waals surface area contributed by atoms with E-state index in [-0.39, 0.29) is 0 Å². The number of aromatic amines is 1. The monoisotopic (exact) mass is 232 g/mol. The molecule has 0 aliphatic heterocycles. The number of H-pyrrole nitrogens is 1. The molecule has 3 rings (SSSR count). The molecule has 0 amide bonds. The van der Waals surface area contributed by atoms with E-state index in [4.69, 9.17) is 0 Å². The van der Waals surface area contributed by atoms with E-state index in [1.54, 1.807) is 0 Å². The fraction of sp³-hybridized carbons (Fsp3) is 0.385. The van der Waals surface area contributed by atoms with Crippen LogP contribution in [0.25, 0.3) is 10.9 Å². The Morgan fingerprint density at radius 2 is 2.19 bits per heavy atom. The fourth-order valence-corrected chi connectivity index (χ4v) is 2.67. The van der Waals surface area contributed by atoms with Gasteiger partial charge < -0.3 is 10.3 Å². The summed E-state index contributed by atoms with van der Waals surface area (Å²) >= 11 is 1.90. The number of hydrogen-bond donors (Lipinski definition) is 2. The molecule has 1 aliphatic rings. The molecule has 0 unspecified atom stereocenters. The Morgan fingerprint density at radius 3 is 3.00 bits per heavy atom. The quantitative estimate of drug-likeness (QED) is 0.612. The van der Waals surface area contributed by atoms with Crippen molar-refractivity contribution in [3.8, 4) is 0 Å². The van der Waals surface area contributed by atoms with E-state index in [0.29, 0.717) is 0 Å². The number of aromatic nitrogens is 1. The second kappa shape index (κ2) is 4.52. The first-order valence-electron chi connectivity index (χ1n) is 5.86. The average Bonchev–Trinajstić information content (AvgIpc) is 3.03. The second-order valence-corrected chi connectivity index (χ2v) is 5.43. The lowest BCUT2D eigenvalue weighted by atomic mass is 10.3. The third kappa shape index (κ3) is 2.42.